The molecule has 0 unspecified atom stereocenters. The fraction of sp³-hybridized carbons (Fsp3) is 0.300. The molecule has 1 aromatic rings. The zero-order chi connectivity index (χ0) is 13.9. The van der Waals surface area contributed by atoms with Gasteiger partial charge in [-0.2, -0.15) is 13.2 Å². The molecule has 0 radical (unpaired) electrons. The first kappa shape index (κ1) is 14.6. The minimum Gasteiger partial charge on any atom is -0.507 e. The molecule has 0 heterocycles. The summed E-state index contributed by atoms with van der Waals surface area (Å²) in [6, 6.07) is 3.56. The van der Waals surface area contributed by atoms with Gasteiger partial charge in [-0.3, -0.25) is 4.79 Å². The van der Waals surface area contributed by atoms with E-state index in [1.807, 2.05) is 5.32 Å². The molecule has 0 aliphatic rings. The smallest absolute Gasteiger partial charge is 0.416 e. The molecule has 18 heavy (non-hydrogen) atoms. The summed E-state index contributed by atoms with van der Waals surface area (Å²) in [7, 11) is 0. The Morgan fingerprint density at radius 3 is 2.61 bits per heavy atom. The number of aliphatic hydroxyl groups is 1. The maximum Gasteiger partial charge on any atom is 0.416 e. The second-order valence-electron chi connectivity index (χ2n) is 3.43. The third kappa shape index (κ3) is 3.78. The highest BCUT2D eigenvalue weighted by molar-refractivity contribution is 6.31. The monoisotopic (exact) mass is 283 g/mol. The Bertz CT molecular complexity index is 450. The molecule has 3 N–H and O–H groups in total. The van der Waals surface area contributed by atoms with E-state index >= 15 is 0 Å². The van der Waals surface area contributed by atoms with Gasteiger partial charge in [-0.15, -0.1) is 0 Å². The highest BCUT2D eigenvalue weighted by atomic mass is 35.5. The first-order valence-electron chi connectivity index (χ1n) is 4.73. The Balaban J connectivity index is 2.69. The standard InChI is InChI=1S/C10H9ClF3NO3/c11-5-1-2-7(16)6(3-5)9(18)15-4-8(17)10(12,13)14/h1-3,8,16-17H,4H2,(H,15,18)/t8-/m0/s1. The van der Waals surface area contributed by atoms with Crippen LogP contribution in [0.2, 0.25) is 5.02 Å². The predicted octanol–water partition coefficient (Wildman–Crippen LogP) is 1.70. The quantitative estimate of drug-likeness (QED) is 0.791. The number of phenolic OH excluding ortho intramolecular Hbond substituents is 1. The molecule has 0 aromatic heterocycles. The number of hydrogen-bond donors (Lipinski definition) is 3. The van der Waals surface area contributed by atoms with Crippen molar-refractivity contribution in [3.63, 3.8) is 0 Å². The SMILES string of the molecule is O=C(NC[C@H](O)C(F)(F)F)c1cc(Cl)ccc1O. The number of hydrogen-bond acceptors (Lipinski definition) is 3. The van der Waals surface area contributed by atoms with Crippen molar-refractivity contribution in [2.75, 3.05) is 6.54 Å². The van der Waals surface area contributed by atoms with Crippen LogP contribution in [0.25, 0.3) is 0 Å². The van der Waals surface area contributed by atoms with Crippen LogP contribution in [0.1, 0.15) is 10.4 Å². The molecule has 1 atom stereocenters. The number of aliphatic hydroxyl groups excluding tert-OH is 1. The van der Waals surface area contributed by atoms with E-state index in [4.69, 9.17) is 16.7 Å². The third-order valence-electron chi connectivity index (χ3n) is 2.04. The van der Waals surface area contributed by atoms with Crippen molar-refractivity contribution in [3.05, 3.63) is 28.8 Å². The fourth-order valence-corrected chi connectivity index (χ4v) is 1.26. The summed E-state index contributed by atoms with van der Waals surface area (Å²) < 4.78 is 35.9. The summed E-state index contributed by atoms with van der Waals surface area (Å²) >= 11 is 5.58. The van der Waals surface area contributed by atoms with Gasteiger partial charge in [-0.05, 0) is 18.2 Å². The van der Waals surface area contributed by atoms with Crippen molar-refractivity contribution in [2.45, 2.75) is 12.3 Å². The van der Waals surface area contributed by atoms with Crippen LogP contribution in [-0.2, 0) is 0 Å². The van der Waals surface area contributed by atoms with Gasteiger partial charge in [0.15, 0.2) is 6.10 Å². The molecule has 0 aliphatic carbocycles. The minimum atomic E-state index is -4.82. The molecule has 0 fully saturated rings. The second kappa shape index (κ2) is 5.45. The van der Waals surface area contributed by atoms with Crippen molar-refractivity contribution in [3.8, 4) is 5.75 Å². The number of phenols is 1. The van der Waals surface area contributed by atoms with Gasteiger partial charge in [-0.1, -0.05) is 11.6 Å². The Hall–Kier alpha value is -1.47. The van der Waals surface area contributed by atoms with Gasteiger partial charge >= 0.3 is 6.18 Å². The van der Waals surface area contributed by atoms with Crippen LogP contribution in [0.4, 0.5) is 13.2 Å². The number of carbonyl (C=O) groups excluding carboxylic acids is 1. The van der Waals surface area contributed by atoms with Crippen LogP contribution in [0, 0.1) is 0 Å². The summed E-state index contributed by atoms with van der Waals surface area (Å²) in [5, 5.41) is 20.0. The summed E-state index contributed by atoms with van der Waals surface area (Å²) in [5.74, 6) is -1.38. The molecule has 0 aliphatic heterocycles. The number of alkyl halides is 3. The maximum absolute atomic E-state index is 12.0. The number of rotatable bonds is 3. The highest BCUT2D eigenvalue weighted by Gasteiger charge is 2.38. The van der Waals surface area contributed by atoms with Crippen molar-refractivity contribution in [1.29, 1.82) is 0 Å². The Morgan fingerprint density at radius 1 is 1.44 bits per heavy atom. The summed E-state index contributed by atoms with van der Waals surface area (Å²) in [5.41, 5.74) is -0.267. The average molecular weight is 284 g/mol. The molecule has 4 nitrogen and oxygen atoms in total. The predicted molar refractivity (Wildman–Crippen MR) is 57.5 cm³/mol. The lowest BCUT2D eigenvalue weighted by atomic mass is 10.2. The summed E-state index contributed by atoms with van der Waals surface area (Å²) in [6.45, 7) is -1.01. The lowest BCUT2D eigenvalue weighted by Crippen LogP contribution is -2.40. The van der Waals surface area contributed by atoms with Gasteiger partial charge in [0.2, 0.25) is 0 Å². The van der Waals surface area contributed by atoms with Crippen molar-refractivity contribution in [2.24, 2.45) is 0 Å². The van der Waals surface area contributed by atoms with Crippen LogP contribution in [-0.4, -0.2) is 34.9 Å². The number of benzene rings is 1. The van der Waals surface area contributed by atoms with Crippen molar-refractivity contribution in [1.82, 2.24) is 5.32 Å². The topological polar surface area (TPSA) is 69.6 Å². The van der Waals surface area contributed by atoms with Gasteiger partial charge in [0.25, 0.3) is 5.91 Å². The number of amides is 1. The molecule has 0 saturated heterocycles. The van der Waals surface area contributed by atoms with E-state index < -0.39 is 30.5 Å². The fourth-order valence-electron chi connectivity index (χ4n) is 1.09. The molecule has 1 amide bonds. The van der Waals surface area contributed by atoms with Crippen LogP contribution in [0.15, 0.2) is 18.2 Å². The molecule has 0 bridgehead atoms. The molecular weight excluding hydrogens is 275 g/mol. The van der Waals surface area contributed by atoms with E-state index in [2.05, 4.69) is 0 Å². The Kier molecular flexibility index (Phi) is 4.42. The van der Waals surface area contributed by atoms with E-state index in [1.54, 1.807) is 0 Å². The molecule has 0 spiro atoms. The zero-order valence-electron chi connectivity index (χ0n) is 8.83. The molecular formula is C10H9ClF3NO3. The Labute approximate surface area is 105 Å². The van der Waals surface area contributed by atoms with Gasteiger partial charge in [0.05, 0.1) is 12.1 Å². The lowest BCUT2D eigenvalue weighted by Gasteiger charge is -2.15. The summed E-state index contributed by atoms with van der Waals surface area (Å²) in [6.07, 6.45) is -7.48. The number of aromatic hydroxyl groups is 1. The molecule has 100 valence electrons. The highest BCUT2D eigenvalue weighted by Crippen LogP contribution is 2.22. The van der Waals surface area contributed by atoms with E-state index in [9.17, 15) is 23.1 Å². The van der Waals surface area contributed by atoms with E-state index in [1.165, 1.54) is 6.07 Å². The van der Waals surface area contributed by atoms with Crippen LogP contribution in [0.3, 0.4) is 0 Å². The molecule has 0 saturated carbocycles. The van der Waals surface area contributed by atoms with E-state index in [-0.39, 0.29) is 10.6 Å². The zero-order valence-corrected chi connectivity index (χ0v) is 9.59. The largest absolute Gasteiger partial charge is 0.507 e. The first-order chi connectivity index (χ1) is 8.21. The lowest BCUT2D eigenvalue weighted by molar-refractivity contribution is -0.201. The summed E-state index contributed by atoms with van der Waals surface area (Å²) in [4.78, 5) is 11.4. The molecule has 1 rings (SSSR count). The molecule has 1 aromatic carbocycles. The van der Waals surface area contributed by atoms with Gasteiger partial charge in [0.1, 0.15) is 5.75 Å². The van der Waals surface area contributed by atoms with E-state index in [0.29, 0.717) is 0 Å². The van der Waals surface area contributed by atoms with Crippen LogP contribution in [0.5, 0.6) is 5.75 Å². The van der Waals surface area contributed by atoms with Crippen molar-refractivity contribution < 1.29 is 28.2 Å². The van der Waals surface area contributed by atoms with Crippen LogP contribution >= 0.6 is 11.6 Å². The first-order valence-corrected chi connectivity index (χ1v) is 5.11. The molecule has 8 heteroatoms. The number of carbonyl (C=O) groups is 1. The number of halogens is 4. The van der Waals surface area contributed by atoms with Gasteiger partial charge in [-0.25, -0.2) is 0 Å². The maximum atomic E-state index is 12.0. The van der Waals surface area contributed by atoms with Crippen molar-refractivity contribution >= 4 is 17.5 Å². The van der Waals surface area contributed by atoms with E-state index in [0.717, 1.165) is 12.1 Å². The second-order valence-corrected chi connectivity index (χ2v) is 3.87. The number of nitrogens with one attached hydrogen (secondary N) is 1. The third-order valence-corrected chi connectivity index (χ3v) is 2.27. The normalized spacial score (nSPS) is 13.2. The Morgan fingerprint density at radius 2 is 2.06 bits per heavy atom. The van der Waals surface area contributed by atoms with Gasteiger partial charge < -0.3 is 15.5 Å². The van der Waals surface area contributed by atoms with Crippen LogP contribution < -0.4 is 5.32 Å². The average Bonchev–Trinajstić information content (AvgIpc) is 2.27. The minimum absolute atomic E-state index is 0.148. The van der Waals surface area contributed by atoms with Gasteiger partial charge in [0, 0.05) is 5.02 Å².